The van der Waals surface area contributed by atoms with Gasteiger partial charge in [-0.1, -0.05) is 11.6 Å². The molecule has 1 atom stereocenters. The summed E-state index contributed by atoms with van der Waals surface area (Å²) in [7, 11) is 0. The second-order valence-corrected chi connectivity index (χ2v) is 7.57. The van der Waals surface area contributed by atoms with Crippen molar-refractivity contribution in [3.05, 3.63) is 48.4 Å². The molecule has 3 rings (SSSR count). The van der Waals surface area contributed by atoms with Crippen LogP contribution >= 0.6 is 45.5 Å². The van der Waals surface area contributed by atoms with Gasteiger partial charge in [-0.05, 0) is 71.7 Å². The van der Waals surface area contributed by atoms with E-state index in [0.717, 1.165) is 26.4 Å². The van der Waals surface area contributed by atoms with Crippen molar-refractivity contribution in [2.24, 2.45) is 0 Å². The number of hydrogen-bond donors (Lipinski definition) is 1. The Morgan fingerprint density at radius 1 is 1.37 bits per heavy atom. The largest absolute Gasteiger partial charge is 0.377 e. The molecule has 0 saturated heterocycles. The van der Waals surface area contributed by atoms with E-state index in [-0.39, 0.29) is 11.9 Å². The first-order valence-electron chi connectivity index (χ1n) is 6.13. The number of rotatable bonds is 2. The smallest absolute Gasteiger partial charge is 0.124 e. The summed E-state index contributed by atoms with van der Waals surface area (Å²) in [5.41, 5.74) is 2.29. The van der Waals surface area contributed by atoms with Crippen LogP contribution in [0.15, 0.2) is 24.3 Å². The first kappa shape index (κ1) is 13.6. The van der Waals surface area contributed by atoms with E-state index in [4.69, 9.17) is 11.6 Å². The molecular formula is C14H12ClFINS. The highest BCUT2D eigenvalue weighted by atomic mass is 127. The lowest BCUT2D eigenvalue weighted by molar-refractivity contribution is 0.607. The van der Waals surface area contributed by atoms with Crippen LogP contribution in [0.2, 0.25) is 4.34 Å². The van der Waals surface area contributed by atoms with Crippen molar-refractivity contribution in [1.82, 2.24) is 0 Å². The van der Waals surface area contributed by atoms with Crippen molar-refractivity contribution < 1.29 is 4.39 Å². The fourth-order valence-corrected chi connectivity index (χ4v) is 4.48. The lowest BCUT2D eigenvalue weighted by Crippen LogP contribution is -2.16. The lowest BCUT2D eigenvalue weighted by atomic mass is 9.94. The Kier molecular flexibility index (Phi) is 4.01. The molecule has 1 aromatic heterocycles. The molecule has 1 aliphatic rings. The molecule has 19 heavy (non-hydrogen) atoms. The van der Waals surface area contributed by atoms with Crippen LogP contribution in [0.3, 0.4) is 0 Å². The Hall–Kier alpha value is -0.330. The first-order valence-corrected chi connectivity index (χ1v) is 8.40. The number of thiophene rings is 1. The van der Waals surface area contributed by atoms with Crippen LogP contribution in [0.1, 0.15) is 29.3 Å². The van der Waals surface area contributed by atoms with Gasteiger partial charge in [-0.15, -0.1) is 11.3 Å². The van der Waals surface area contributed by atoms with Crippen LogP contribution in [-0.4, -0.2) is 0 Å². The van der Waals surface area contributed by atoms with Gasteiger partial charge in [0.15, 0.2) is 0 Å². The van der Waals surface area contributed by atoms with Gasteiger partial charge in [0.25, 0.3) is 0 Å². The van der Waals surface area contributed by atoms with Gasteiger partial charge in [0.1, 0.15) is 5.82 Å². The molecule has 1 N–H and O–H groups in total. The Morgan fingerprint density at radius 3 is 3.00 bits per heavy atom. The normalized spacial score (nSPS) is 18.2. The van der Waals surface area contributed by atoms with Crippen molar-refractivity contribution in [1.29, 1.82) is 0 Å². The zero-order valence-corrected chi connectivity index (χ0v) is 13.8. The average Bonchev–Trinajstić information content (AvgIpc) is 2.74. The molecule has 0 saturated carbocycles. The third-order valence-corrected chi connectivity index (χ3v) is 5.58. The minimum absolute atomic E-state index is 0.196. The summed E-state index contributed by atoms with van der Waals surface area (Å²) in [5, 5.41) is 3.52. The van der Waals surface area contributed by atoms with Crippen LogP contribution in [-0.2, 0) is 6.42 Å². The molecule has 0 radical (unpaired) electrons. The zero-order valence-electron chi connectivity index (χ0n) is 10.1. The lowest BCUT2D eigenvalue weighted by Gasteiger charge is -2.25. The molecule has 1 aromatic carbocycles. The van der Waals surface area contributed by atoms with E-state index in [1.807, 2.05) is 0 Å². The van der Waals surface area contributed by atoms with Crippen molar-refractivity contribution >= 4 is 51.2 Å². The highest BCUT2D eigenvalue weighted by Gasteiger charge is 2.23. The number of halogens is 3. The number of benzene rings is 1. The fraction of sp³-hybridized carbons (Fsp3) is 0.286. The van der Waals surface area contributed by atoms with Crippen LogP contribution in [0.5, 0.6) is 0 Å². The summed E-state index contributed by atoms with van der Waals surface area (Å²) in [4.78, 5) is 1.38. The molecule has 100 valence electrons. The molecule has 2 aromatic rings. The van der Waals surface area contributed by atoms with E-state index < -0.39 is 0 Å². The standard InChI is InChI=1S/C14H12ClFINS/c15-14-7-9-11(2-1-3-13(9)19-14)18-12-5-4-8(16)6-10(12)17/h4-7,11,18H,1-3H2. The van der Waals surface area contributed by atoms with Crippen molar-refractivity contribution in [2.75, 3.05) is 5.32 Å². The Balaban J connectivity index is 1.88. The Labute approximate surface area is 134 Å². The molecule has 5 heteroatoms. The molecule has 0 amide bonds. The number of anilines is 1. The topological polar surface area (TPSA) is 12.0 Å². The summed E-state index contributed by atoms with van der Waals surface area (Å²) in [6.45, 7) is 0. The van der Waals surface area contributed by atoms with Gasteiger partial charge in [-0.2, -0.15) is 0 Å². The minimum atomic E-state index is -0.196. The van der Waals surface area contributed by atoms with Gasteiger partial charge in [0.05, 0.1) is 10.4 Å². The molecule has 1 nitrogen and oxygen atoms in total. The summed E-state index contributed by atoms with van der Waals surface area (Å²) in [6, 6.07) is 7.20. The Bertz CT molecular complexity index is 613. The number of aryl methyl sites for hydroxylation is 1. The van der Waals surface area contributed by atoms with Crippen LogP contribution in [0.25, 0.3) is 0 Å². The van der Waals surface area contributed by atoms with Gasteiger partial charge >= 0.3 is 0 Å². The predicted molar refractivity (Wildman–Crippen MR) is 87.7 cm³/mol. The maximum Gasteiger partial charge on any atom is 0.124 e. The van der Waals surface area contributed by atoms with E-state index in [9.17, 15) is 4.39 Å². The minimum Gasteiger partial charge on any atom is -0.377 e. The summed E-state index contributed by atoms with van der Waals surface area (Å²) in [6.07, 6.45) is 3.37. The molecule has 0 bridgehead atoms. The molecule has 0 spiro atoms. The number of hydrogen-bond acceptors (Lipinski definition) is 2. The van der Waals surface area contributed by atoms with E-state index >= 15 is 0 Å². The van der Waals surface area contributed by atoms with Crippen LogP contribution in [0, 0.1) is 9.39 Å². The van der Waals surface area contributed by atoms with Gasteiger partial charge < -0.3 is 5.32 Å². The SMILES string of the molecule is Fc1ccc(NC2CCCc3sc(Cl)cc32)c(I)c1. The number of fused-ring (bicyclic) bond motifs is 1. The maximum absolute atomic E-state index is 13.1. The summed E-state index contributed by atoms with van der Waals surface area (Å²) in [5.74, 6) is -0.196. The fourth-order valence-electron chi connectivity index (χ4n) is 2.47. The van der Waals surface area contributed by atoms with Crippen molar-refractivity contribution in [2.45, 2.75) is 25.3 Å². The summed E-state index contributed by atoms with van der Waals surface area (Å²) >= 11 is 9.95. The highest BCUT2D eigenvalue weighted by molar-refractivity contribution is 14.1. The molecule has 0 aliphatic heterocycles. The van der Waals surface area contributed by atoms with Gasteiger partial charge in [-0.3, -0.25) is 0 Å². The monoisotopic (exact) mass is 407 g/mol. The zero-order chi connectivity index (χ0) is 13.4. The van der Waals surface area contributed by atoms with E-state index in [0.29, 0.717) is 0 Å². The molecule has 1 unspecified atom stereocenters. The van der Waals surface area contributed by atoms with Crippen LogP contribution in [0.4, 0.5) is 10.1 Å². The van der Waals surface area contributed by atoms with Gasteiger partial charge in [-0.25, -0.2) is 4.39 Å². The van der Waals surface area contributed by atoms with Crippen LogP contribution < -0.4 is 5.32 Å². The van der Waals surface area contributed by atoms with Crippen molar-refractivity contribution in [3.63, 3.8) is 0 Å². The first-order chi connectivity index (χ1) is 9.13. The average molecular weight is 408 g/mol. The Morgan fingerprint density at radius 2 is 2.21 bits per heavy atom. The van der Waals surface area contributed by atoms with E-state index in [1.54, 1.807) is 23.5 Å². The van der Waals surface area contributed by atoms with Gasteiger partial charge in [0, 0.05) is 14.1 Å². The van der Waals surface area contributed by atoms with Gasteiger partial charge in [0.2, 0.25) is 0 Å². The maximum atomic E-state index is 13.1. The number of nitrogens with one attached hydrogen (secondary N) is 1. The summed E-state index contributed by atoms with van der Waals surface area (Å²) < 4.78 is 14.9. The molecule has 1 aliphatic carbocycles. The van der Waals surface area contributed by atoms with E-state index in [2.05, 4.69) is 34.0 Å². The quantitative estimate of drug-likeness (QED) is 0.636. The molecule has 1 heterocycles. The second-order valence-electron chi connectivity index (χ2n) is 4.64. The molecular weight excluding hydrogens is 396 g/mol. The molecule has 0 fully saturated rings. The van der Waals surface area contributed by atoms with Crippen molar-refractivity contribution in [3.8, 4) is 0 Å². The highest BCUT2D eigenvalue weighted by Crippen LogP contribution is 2.39. The second kappa shape index (κ2) is 5.58. The third-order valence-electron chi connectivity index (χ3n) is 3.34. The predicted octanol–water partition coefficient (Wildman–Crippen LogP) is 5.63. The third kappa shape index (κ3) is 2.90. The van der Waals surface area contributed by atoms with E-state index in [1.165, 1.54) is 22.9 Å².